The Kier molecular flexibility index (Phi) is 6.63. The van der Waals surface area contributed by atoms with Gasteiger partial charge in [-0.25, -0.2) is 0 Å². The molecule has 0 aliphatic carbocycles. The molecule has 0 bridgehead atoms. The van der Waals surface area contributed by atoms with Crippen LogP contribution in [0.25, 0.3) is 6.08 Å². The SMILES string of the molecule is CCN(CC)c1ccc(/C=C/C2=C(C#N)C(=C(\C)C#N)/OC2(C)c2ccccc2)cc1. The second kappa shape index (κ2) is 9.37. The van der Waals surface area contributed by atoms with Crippen LogP contribution in [0.5, 0.6) is 0 Å². The number of rotatable bonds is 6. The van der Waals surface area contributed by atoms with E-state index in [0.717, 1.165) is 29.8 Å². The van der Waals surface area contributed by atoms with Gasteiger partial charge >= 0.3 is 0 Å². The third-order valence-electron chi connectivity index (χ3n) is 5.73. The molecular formula is C27H27N3O. The quantitative estimate of drug-likeness (QED) is 0.540. The fourth-order valence-electron chi connectivity index (χ4n) is 3.87. The molecule has 0 saturated heterocycles. The fourth-order valence-corrected chi connectivity index (χ4v) is 3.87. The van der Waals surface area contributed by atoms with Crippen LogP contribution >= 0.6 is 0 Å². The van der Waals surface area contributed by atoms with Crippen molar-refractivity contribution in [2.75, 3.05) is 18.0 Å². The molecule has 0 aromatic heterocycles. The van der Waals surface area contributed by atoms with Crippen LogP contribution < -0.4 is 4.90 Å². The molecule has 0 amide bonds. The molecule has 0 saturated carbocycles. The molecule has 1 aliphatic rings. The minimum absolute atomic E-state index is 0.355. The average molecular weight is 410 g/mol. The average Bonchev–Trinajstić information content (AvgIpc) is 3.12. The number of nitriles is 2. The summed E-state index contributed by atoms with van der Waals surface area (Å²) in [5.74, 6) is 0.355. The van der Waals surface area contributed by atoms with E-state index in [4.69, 9.17) is 4.74 Å². The second-order valence-corrected chi connectivity index (χ2v) is 7.56. The standard InChI is InChI=1S/C27H27N3O/c1-5-30(6-2)23-15-12-21(13-16-23)14-17-25-24(19-29)26(20(3)18-28)31-27(25,4)22-10-8-7-9-11-22/h7-17H,5-6H2,1-4H3/b17-14+,26-20-. The molecule has 4 nitrogen and oxygen atoms in total. The van der Waals surface area contributed by atoms with E-state index in [9.17, 15) is 10.5 Å². The normalized spacial score (nSPS) is 19.7. The van der Waals surface area contributed by atoms with Gasteiger partial charge in [-0.1, -0.05) is 54.6 Å². The Morgan fingerprint density at radius 1 is 1.00 bits per heavy atom. The highest BCUT2D eigenvalue weighted by Crippen LogP contribution is 2.47. The number of hydrogen-bond donors (Lipinski definition) is 0. The Balaban J connectivity index is 2.06. The van der Waals surface area contributed by atoms with Crippen LogP contribution in [-0.4, -0.2) is 13.1 Å². The van der Waals surface area contributed by atoms with Crippen LogP contribution in [0.3, 0.4) is 0 Å². The number of nitrogens with zero attached hydrogens (tertiary/aromatic N) is 3. The molecule has 1 atom stereocenters. The summed E-state index contributed by atoms with van der Waals surface area (Å²) in [7, 11) is 0. The van der Waals surface area contributed by atoms with Gasteiger partial charge in [-0.3, -0.25) is 0 Å². The lowest BCUT2D eigenvalue weighted by Crippen LogP contribution is -2.23. The molecule has 0 radical (unpaired) electrons. The molecule has 1 heterocycles. The summed E-state index contributed by atoms with van der Waals surface area (Å²) in [6, 6.07) is 22.6. The predicted octanol–water partition coefficient (Wildman–Crippen LogP) is 6.11. The smallest absolute Gasteiger partial charge is 0.158 e. The number of hydrogen-bond acceptors (Lipinski definition) is 4. The summed E-state index contributed by atoms with van der Waals surface area (Å²) in [5.41, 5.74) is 3.85. The van der Waals surface area contributed by atoms with Crippen molar-refractivity contribution < 1.29 is 4.74 Å². The van der Waals surface area contributed by atoms with Crippen molar-refractivity contribution in [3.05, 3.63) is 94.3 Å². The van der Waals surface area contributed by atoms with Gasteiger partial charge in [0.15, 0.2) is 11.4 Å². The molecule has 0 N–H and O–H groups in total. The van der Waals surface area contributed by atoms with E-state index in [1.807, 2.05) is 49.4 Å². The number of anilines is 1. The Morgan fingerprint density at radius 2 is 1.65 bits per heavy atom. The molecule has 1 aliphatic heterocycles. The van der Waals surface area contributed by atoms with Crippen molar-refractivity contribution in [2.24, 2.45) is 0 Å². The maximum atomic E-state index is 9.91. The maximum absolute atomic E-state index is 9.91. The van der Waals surface area contributed by atoms with Crippen molar-refractivity contribution in [2.45, 2.75) is 33.3 Å². The third kappa shape index (κ3) is 4.25. The van der Waals surface area contributed by atoms with Gasteiger partial charge < -0.3 is 9.64 Å². The van der Waals surface area contributed by atoms with Crippen LogP contribution in [0.1, 0.15) is 38.8 Å². The Labute approximate surface area is 185 Å². The zero-order valence-electron chi connectivity index (χ0n) is 18.5. The molecule has 3 rings (SSSR count). The highest BCUT2D eigenvalue weighted by Gasteiger charge is 2.43. The molecular weight excluding hydrogens is 382 g/mol. The maximum Gasteiger partial charge on any atom is 0.158 e. The fraction of sp³-hybridized carbons (Fsp3) is 0.259. The van der Waals surface area contributed by atoms with Crippen LogP contribution in [0.4, 0.5) is 5.69 Å². The molecule has 4 heteroatoms. The van der Waals surface area contributed by atoms with E-state index >= 15 is 0 Å². The summed E-state index contributed by atoms with van der Waals surface area (Å²) < 4.78 is 6.27. The van der Waals surface area contributed by atoms with Gasteiger partial charge in [-0.05, 0) is 51.0 Å². The molecule has 0 fully saturated rings. The summed E-state index contributed by atoms with van der Waals surface area (Å²) in [5, 5.41) is 19.3. The van der Waals surface area contributed by atoms with Crippen LogP contribution in [0.15, 0.2) is 83.2 Å². The van der Waals surface area contributed by atoms with Crippen LogP contribution in [0, 0.1) is 22.7 Å². The van der Waals surface area contributed by atoms with Crippen molar-refractivity contribution in [1.82, 2.24) is 0 Å². The summed E-state index contributed by atoms with van der Waals surface area (Å²) in [4.78, 5) is 2.29. The van der Waals surface area contributed by atoms with Gasteiger partial charge in [-0.2, -0.15) is 10.5 Å². The van der Waals surface area contributed by atoms with E-state index < -0.39 is 5.60 Å². The molecule has 156 valence electrons. The van der Waals surface area contributed by atoms with Gasteiger partial charge in [0.2, 0.25) is 0 Å². The largest absolute Gasteiger partial charge is 0.476 e. The van der Waals surface area contributed by atoms with Gasteiger partial charge in [-0.15, -0.1) is 0 Å². The molecule has 31 heavy (non-hydrogen) atoms. The summed E-state index contributed by atoms with van der Waals surface area (Å²) in [6.07, 6.45) is 3.93. The number of allylic oxidation sites excluding steroid dienone is 2. The van der Waals surface area contributed by atoms with Crippen molar-refractivity contribution >= 4 is 11.8 Å². The van der Waals surface area contributed by atoms with Crippen molar-refractivity contribution in [3.8, 4) is 12.1 Å². The van der Waals surface area contributed by atoms with E-state index in [1.165, 1.54) is 5.69 Å². The van der Waals surface area contributed by atoms with Crippen molar-refractivity contribution in [1.29, 1.82) is 10.5 Å². The van der Waals surface area contributed by atoms with E-state index in [-0.39, 0.29) is 0 Å². The van der Waals surface area contributed by atoms with Crippen LogP contribution in [-0.2, 0) is 10.3 Å². The lowest BCUT2D eigenvalue weighted by molar-refractivity contribution is 0.0750. The van der Waals surface area contributed by atoms with E-state index in [0.29, 0.717) is 16.9 Å². The molecule has 1 unspecified atom stereocenters. The first-order valence-electron chi connectivity index (χ1n) is 10.5. The van der Waals surface area contributed by atoms with Crippen molar-refractivity contribution in [3.63, 3.8) is 0 Å². The topological polar surface area (TPSA) is 60.0 Å². The summed E-state index contributed by atoms with van der Waals surface area (Å²) in [6.45, 7) is 9.84. The number of ether oxygens (including phenoxy) is 1. The van der Waals surface area contributed by atoms with Crippen LogP contribution in [0.2, 0.25) is 0 Å². The lowest BCUT2D eigenvalue weighted by atomic mass is 9.86. The minimum atomic E-state index is -0.850. The first-order chi connectivity index (χ1) is 15.0. The highest BCUT2D eigenvalue weighted by atomic mass is 16.5. The highest BCUT2D eigenvalue weighted by molar-refractivity contribution is 5.65. The monoisotopic (exact) mass is 409 g/mol. The second-order valence-electron chi connectivity index (χ2n) is 7.56. The number of benzene rings is 2. The van der Waals surface area contributed by atoms with Gasteiger partial charge in [0.25, 0.3) is 0 Å². The van der Waals surface area contributed by atoms with E-state index in [1.54, 1.807) is 6.92 Å². The predicted molar refractivity (Wildman–Crippen MR) is 125 cm³/mol. The van der Waals surface area contributed by atoms with Gasteiger partial charge in [0.1, 0.15) is 11.6 Å². The third-order valence-corrected chi connectivity index (χ3v) is 5.73. The minimum Gasteiger partial charge on any atom is -0.476 e. The zero-order valence-corrected chi connectivity index (χ0v) is 18.5. The molecule has 2 aromatic rings. The lowest BCUT2D eigenvalue weighted by Gasteiger charge is -2.27. The van der Waals surface area contributed by atoms with Gasteiger partial charge in [0, 0.05) is 24.4 Å². The Bertz CT molecular complexity index is 1110. The molecule has 0 spiro atoms. The Morgan fingerprint density at radius 3 is 2.19 bits per heavy atom. The first kappa shape index (κ1) is 21.9. The summed E-state index contributed by atoms with van der Waals surface area (Å²) >= 11 is 0. The van der Waals surface area contributed by atoms with E-state index in [2.05, 4.69) is 55.2 Å². The Hall–Kier alpha value is -3.76. The zero-order chi connectivity index (χ0) is 22.4. The molecule has 2 aromatic carbocycles. The first-order valence-corrected chi connectivity index (χ1v) is 10.5. The van der Waals surface area contributed by atoms with Gasteiger partial charge in [0.05, 0.1) is 11.6 Å².